The van der Waals surface area contributed by atoms with Gasteiger partial charge in [-0.2, -0.15) is 13.2 Å². The van der Waals surface area contributed by atoms with Gasteiger partial charge in [0.2, 0.25) is 0 Å². The molecule has 3 unspecified atom stereocenters. The van der Waals surface area contributed by atoms with Crippen LogP contribution in [-0.2, 0) is 14.3 Å². The van der Waals surface area contributed by atoms with Gasteiger partial charge in [0.05, 0.1) is 25.6 Å². The lowest BCUT2D eigenvalue weighted by atomic mass is 9.81. The van der Waals surface area contributed by atoms with Crippen molar-refractivity contribution in [3.8, 4) is 0 Å². The predicted molar refractivity (Wildman–Crippen MR) is 97.5 cm³/mol. The molecule has 1 aromatic carbocycles. The van der Waals surface area contributed by atoms with Gasteiger partial charge in [0.25, 0.3) is 5.72 Å². The first-order valence-electron chi connectivity index (χ1n) is 9.18. The van der Waals surface area contributed by atoms with Crippen LogP contribution < -0.4 is 5.32 Å². The molecule has 2 heterocycles. The summed E-state index contributed by atoms with van der Waals surface area (Å²) < 4.78 is 53.2. The van der Waals surface area contributed by atoms with Crippen LogP contribution in [0.2, 0.25) is 0 Å². The standard InChI is InChI=1S/C19H20F3N3O5/c1-3-29-16(26)12-14(11-8-6-5-7-9-11)25-10-23-13(17(27)30-4-2)15(25)24-18(12,28)19(20,21)22/h5-10,12,14,24,28H,3-4H2,1-2H3. The molecule has 0 fully saturated rings. The van der Waals surface area contributed by atoms with Crippen molar-refractivity contribution in [3.05, 3.63) is 47.9 Å². The molecule has 1 aliphatic rings. The summed E-state index contributed by atoms with van der Waals surface area (Å²) in [5, 5.41) is 12.7. The van der Waals surface area contributed by atoms with E-state index < -0.39 is 47.3 Å². The Morgan fingerprint density at radius 2 is 1.83 bits per heavy atom. The summed E-state index contributed by atoms with van der Waals surface area (Å²) in [6, 6.07) is 6.46. The van der Waals surface area contributed by atoms with Crippen LogP contribution in [-0.4, -0.2) is 51.7 Å². The normalized spacial score (nSPS) is 23.3. The largest absolute Gasteiger partial charge is 0.466 e. The van der Waals surface area contributed by atoms with Crippen LogP contribution in [0.4, 0.5) is 19.0 Å². The smallest absolute Gasteiger partial charge is 0.437 e. The molecule has 30 heavy (non-hydrogen) atoms. The number of hydrogen-bond donors (Lipinski definition) is 2. The number of carbonyl (C=O) groups is 2. The van der Waals surface area contributed by atoms with Crippen molar-refractivity contribution in [1.82, 2.24) is 9.55 Å². The molecule has 11 heteroatoms. The Kier molecular flexibility index (Phi) is 5.75. The molecule has 3 atom stereocenters. The summed E-state index contributed by atoms with van der Waals surface area (Å²) in [6.07, 6.45) is -4.17. The highest BCUT2D eigenvalue weighted by Gasteiger charge is 2.67. The van der Waals surface area contributed by atoms with Gasteiger partial charge in [-0.05, 0) is 19.4 Å². The lowest BCUT2D eigenvalue weighted by Gasteiger charge is -2.45. The van der Waals surface area contributed by atoms with Crippen molar-refractivity contribution in [3.63, 3.8) is 0 Å². The van der Waals surface area contributed by atoms with Crippen LogP contribution in [0.15, 0.2) is 36.7 Å². The first kappa shape index (κ1) is 21.6. The van der Waals surface area contributed by atoms with Gasteiger partial charge < -0.3 is 24.5 Å². The molecule has 0 radical (unpaired) electrons. The minimum Gasteiger partial charge on any atom is -0.466 e. The van der Waals surface area contributed by atoms with Crippen molar-refractivity contribution < 1.29 is 37.3 Å². The SMILES string of the molecule is CCOC(=O)c1ncn2c1NC(O)(C(F)(F)F)C(C(=O)OCC)C2c1ccccc1. The molecular weight excluding hydrogens is 407 g/mol. The third-order valence-electron chi connectivity index (χ3n) is 4.75. The minimum absolute atomic E-state index is 0.0256. The number of benzene rings is 1. The number of halogens is 3. The number of carbonyl (C=O) groups excluding carboxylic acids is 2. The van der Waals surface area contributed by atoms with E-state index in [4.69, 9.17) is 9.47 Å². The number of imidazole rings is 1. The lowest BCUT2D eigenvalue weighted by Crippen LogP contribution is -2.64. The second-order valence-corrected chi connectivity index (χ2v) is 6.54. The average molecular weight is 427 g/mol. The van der Waals surface area contributed by atoms with Gasteiger partial charge in [-0.1, -0.05) is 30.3 Å². The summed E-state index contributed by atoms with van der Waals surface area (Å²) in [5.74, 6) is -4.75. The molecule has 2 N–H and O–H groups in total. The van der Waals surface area contributed by atoms with E-state index in [1.54, 1.807) is 18.2 Å². The molecule has 0 amide bonds. The average Bonchev–Trinajstić information content (AvgIpc) is 3.10. The maximum absolute atomic E-state index is 14.1. The van der Waals surface area contributed by atoms with Crippen molar-refractivity contribution in [2.24, 2.45) is 5.92 Å². The summed E-state index contributed by atoms with van der Waals surface area (Å²) >= 11 is 0. The fraction of sp³-hybridized carbons (Fsp3) is 0.421. The molecule has 162 valence electrons. The van der Waals surface area contributed by atoms with Crippen LogP contribution in [0, 0.1) is 5.92 Å². The number of fused-ring (bicyclic) bond motifs is 1. The number of alkyl halides is 3. The van der Waals surface area contributed by atoms with Gasteiger partial charge >= 0.3 is 18.1 Å². The zero-order chi connectivity index (χ0) is 22.1. The molecule has 3 rings (SSSR count). The zero-order valence-electron chi connectivity index (χ0n) is 16.1. The molecular formula is C19H20F3N3O5. The summed E-state index contributed by atoms with van der Waals surface area (Å²) in [6.45, 7) is 2.77. The molecule has 2 aromatic rings. The molecule has 0 bridgehead atoms. The third-order valence-corrected chi connectivity index (χ3v) is 4.75. The second kappa shape index (κ2) is 7.98. The van der Waals surface area contributed by atoms with E-state index in [-0.39, 0.29) is 18.8 Å². The maximum Gasteiger partial charge on any atom is 0.437 e. The monoisotopic (exact) mass is 427 g/mol. The number of aliphatic hydroxyl groups is 1. The van der Waals surface area contributed by atoms with Gasteiger partial charge in [0.15, 0.2) is 5.69 Å². The molecule has 0 spiro atoms. The van der Waals surface area contributed by atoms with Gasteiger partial charge in [0, 0.05) is 0 Å². The highest BCUT2D eigenvalue weighted by Crippen LogP contribution is 2.49. The molecule has 0 saturated carbocycles. The summed E-state index contributed by atoms with van der Waals surface area (Å²) in [5.41, 5.74) is -3.88. The van der Waals surface area contributed by atoms with Gasteiger partial charge in [-0.15, -0.1) is 0 Å². The number of ether oxygens (including phenoxy) is 2. The number of rotatable bonds is 5. The van der Waals surface area contributed by atoms with Crippen LogP contribution in [0.5, 0.6) is 0 Å². The minimum atomic E-state index is -5.29. The van der Waals surface area contributed by atoms with Crippen molar-refractivity contribution >= 4 is 17.8 Å². The molecule has 0 aliphatic carbocycles. The van der Waals surface area contributed by atoms with Gasteiger partial charge in [-0.25, -0.2) is 9.78 Å². The van der Waals surface area contributed by atoms with E-state index in [9.17, 15) is 27.9 Å². The topological polar surface area (TPSA) is 103 Å². The Morgan fingerprint density at radius 1 is 1.20 bits per heavy atom. The summed E-state index contributed by atoms with van der Waals surface area (Å²) in [7, 11) is 0. The zero-order valence-corrected chi connectivity index (χ0v) is 16.1. The van der Waals surface area contributed by atoms with Gasteiger partial charge in [-0.3, -0.25) is 4.79 Å². The third kappa shape index (κ3) is 3.49. The number of esters is 2. The van der Waals surface area contributed by atoms with Crippen LogP contribution in [0.3, 0.4) is 0 Å². The van der Waals surface area contributed by atoms with E-state index in [0.29, 0.717) is 0 Å². The van der Waals surface area contributed by atoms with Crippen LogP contribution in [0.25, 0.3) is 0 Å². The number of nitrogens with zero attached hydrogens (tertiary/aromatic N) is 2. The van der Waals surface area contributed by atoms with Crippen molar-refractivity contribution in [1.29, 1.82) is 0 Å². The Hall–Kier alpha value is -3.08. The number of hydrogen-bond acceptors (Lipinski definition) is 7. The van der Waals surface area contributed by atoms with E-state index in [0.717, 1.165) is 6.33 Å². The molecule has 1 aromatic heterocycles. The first-order valence-corrected chi connectivity index (χ1v) is 9.18. The molecule has 1 aliphatic heterocycles. The van der Waals surface area contributed by atoms with E-state index in [2.05, 4.69) is 4.98 Å². The lowest BCUT2D eigenvalue weighted by molar-refractivity contribution is -0.273. The summed E-state index contributed by atoms with van der Waals surface area (Å²) in [4.78, 5) is 28.7. The Balaban J connectivity index is 2.27. The number of nitrogens with one attached hydrogen (secondary N) is 1. The number of anilines is 1. The maximum atomic E-state index is 14.1. The van der Waals surface area contributed by atoms with E-state index in [1.165, 1.54) is 30.5 Å². The highest BCUT2D eigenvalue weighted by molar-refractivity contribution is 5.93. The van der Waals surface area contributed by atoms with Crippen molar-refractivity contribution in [2.75, 3.05) is 18.5 Å². The first-order chi connectivity index (χ1) is 14.2. The van der Waals surface area contributed by atoms with Crippen molar-refractivity contribution in [2.45, 2.75) is 31.8 Å². The quantitative estimate of drug-likeness (QED) is 0.707. The van der Waals surface area contributed by atoms with Crippen LogP contribution in [0.1, 0.15) is 35.9 Å². The molecule has 0 saturated heterocycles. The highest BCUT2D eigenvalue weighted by atomic mass is 19.4. The Labute approximate surface area is 169 Å². The fourth-order valence-electron chi connectivity index (χ4n) is 3.47. The molecule has 8 nitrogen and oxygen atoms in total. The van der Waals surface area contributed by atoms with Crippen LogP contribution >= 0.6 is 0 Å². The predicted octanol–water partition coefficient (Wildman–Crippen LogP) is 2.50. The second-order valence-electron chi connectivity index (χ2n) is 6.54. The fourth-order valence-corrected chi connectivity index (χ4v) is 3.47. The number of aromatic nitrogens is 2. The Morgan fingerprint density at radius 3 is 2.40 bits per heavy atom. The van der Waals surface area contributed by atoms with E-state index >= 15 is 0 Å². The van der Waals surface area contributed by atoms with E-state index in [1.807, 2.05) is 5.32 Å². The Bertz CT molecular complexity index is 931. The van der Waals surface area contributed by atoms with Gasteiger partial charge in [0.1, 0.15) is 11.7 Å².